The second-order valence-corrected chi connectivity index (χ2v) is 7.95. The number of hydrogen-bond acceptors (Lipinski definition) is 5. The zero-order chi connectivity index (χ0) is 17.1. The van der Waals surface area contributed by atoms with Crippen molar-refractivity contribution in [1.29, 1.82) is 0 Å². The fraction of sp³-hybridized carbons (Fsp3) is 0.474. The first-order valence-electron chi connectivity index (χ1n) is 8.98. The van der Waals surface area contributed by atoms with Gasteiger partial charge in [0.05, 0.1) is 0 Å². The second kappa shape index (κ2) is 7.14. The van der Waals surface area contributed by atoms with E-state index in [-0.39, 0.29) is 5.91 Å². The third kappa shape index (κ3) is 4.02. The van der Waals surface area contributed by atoms with Crippen LogP contribution in [-0.2, 0) is 11.3 Å². The normalized spacial score (nSPS) is 20.2. The molecule has 1 saturated heterocycles. The van der Waals surface area contributed by atoms with Gasteiger partial charge in [0.1, 0.15) is 5.54 Å². The standard InChI is InChI=1S/C19H24N4OS/c24-17(21-16-6-7-16)19(22-18-20-10-13-25-18)8-11-23(12-9-19)14-15-4-2-1-3-5-15/h1-5,10,13,16H,6-9,11-12,14H2,(H,20,22)(H,21,24). The minimum atomic E-state index is -0.534. The molecule has 2 aliphatic rings. The number of rotatable bonds is 6. The molecule has 4 rings (SSSR count). The molecule has 0 unspecified atom stereocenters. The van der Waals surface area contributed by atoms with Crippen LogP contribution in [0.4, 0.5) is 5.13 Å². The summed E-state index contributed by atoms with van der Waals surface area (Å²) in [6, 6.07) is 10.9. The van der Waals surface area contributed by atoms with Crippen molar-refractivity contribution in [3.05, 3.63) is 47.5 Å². The Labute approximate surface area is 152 Å². The largest absolute Gasteiger partial charge is 0.351 e. The van der Waals surface area contributed by atoms with Crippen LogP contribution < -0.4 is 10.6 Å². The quantitative estimate of drug-likeness (QED) is 0.836. The molecule has 5 nitrogen and oxygen atoms in total. The minimum Gasteiger partial charge on any atom is -0.351 e. The van der Waals surface area contributed by atoms with Crippen molar-refractivity contribution in [3.8, 4) is 0 Å². The number of aromatic nitrogens is 1. The van der Waals surface area contributed by atoms with Crippen LogP contribution in [0.5, 0.6) is 0 Å². The molecule has 0 radical (unpaired) electrons. The van der Waals surface area contributed by atoms with Gasteiger partial charge in [0.2, 0.25) is 5.91 Å². The lowest BCUT2D eigenvalue weighted by atomic mass is 9.86. The topological polar surface area (TPSA) is 57.3 Å². The molecular weight excluding hydrogens is 332 g/mol. The van der Waals surface area contributed by atoms with E-state index in [0.29, 0.717) is 6.04 Å². The molecule has 0 atom stereocenters. The Morgan fingerprint density at radius 1 is 1.24 bits per heavy atom. The molecule has 1 amide bonds. The van der Waals surface area contributed by atoms with Crippen molar-refractivity contribution in [1.82, 2.24) is 15.2 Å². The fourth-order valence-electron chi connectivity index (χ4n) is 3.38. The molecule has 1 aliphatic carbocycles. The van der Waals surface area contributed by atoms with Gasteiger partial charge in [0.25, 0.3) is 0 Å². The van der Waals surface area contributed by atoms with Crippen LogP contribution >= 0.6 is 11.3 Å². The van der Waals surface area contributed by atoms with Gasteiger partial charge in [-0.25, -0.2) is 4.98 Å². The van der Waals surface area contributed by atoms with Gasteiger partial charge in [-0.05, 0) is 31.2 Å². The predicted molar refractivity (Wildman–Crippen MR) is 101 cm³/mol. The number of carbonyl (C=O) groups is 1. The molecule has 1 saturated carbocycles. The first kappa shape index (κ1) is 16.5. The predicted octanol–water partition coefficient (Wildman–Crippen LogP) is 2.87. The highest BCUT2D eigenvalue weighted by molar-refractivity contribution is 7.13. The number of nitrogens with zero attached hydrogens (tertiary/aromatic N) is 2. The summed E-state index contributed by atoms with van der Waals surface area (Å²) in [6.07, 6.45) is 5.61. The summed E-state index contributed by atoms with van der Waals surface area (Å²) in [7, 11) is 0. The Hall–Kier alpha value is -1.92. The van der Waals surface area contributed by atoms with E-state index >= 15 is 0 Å². The molecular formula is C19H24N4OS. The van der Waals surface area contributed by atoms with Gasteiger partial charge in [0, 0.05) is 37.3 Å². The molecule has 1 aromatic heterocycles. The van der Waals surface area contributed by atoms with Crippen LogP contribution in [0.15, 0.2) is 41.9 Å². The highest BCUT2D eigenvalue weighted by atomic mass is 32.1. The molecule has 25 heavy (non-hydrogen) atoms. The van der Waals surface area contributed by atoms with E-state index in [1.807, 2.05) is 11.4 Å². The summed E-state index contributed by atoms with van der Waals surface area (Å²) in [6.45, 7) is 2.76. The van der Waals surface area contributed by atoms with E-state index in [4.69, 9.17) is 0 Å². The van der Waals surface area contributed by atoms with Gasteiger partial charge in [-0.15, -0.1) is 11.3 Å². The van der Waals surface area contributed by atoms with Crippen LogP contribution in [-0.4, -0.2) is 40.5 Å². The zero-order valence-corrected chi connectivity index (χ0v) is 15.1. The first-order valence-corrected chi connectivity index (χ1v) is 9.86. The SMILES string of the molecule is O=C(NC1CC1)C1(Nc2nccs2)CCN(Cc2ccccc2)CC1. The average molecular weight is 356 g/mol. The number of hydrogen-bond donors (Lipinski definition) is 2. The maximum Gasteiger partial charge on any atom is 0.246 e. The van der Waals surface area contributed by atoms with Crippen LogP contribution in [0.3, 0.4) is 0 Å². The maximum atomic E-state index is 12.9. The van der Waals surface area contributed by atoms with E-state index in [2.05, 4.69) is 44.8 Å². The lowest BCUT2D eigenvalue weighted by molar-refractivity contribution is -0.127. The van der Waals surface area contributed by atoms with Crippen LogP contribution in [0.1, 0.15) is 31.2 Å². The molecule has 2 aromatic rings. The zero-order valence-electron chi connectivity index (χ0n) is 14.3. The Bertz CT molecular complexity index is 691. The third-order valence-corrected chi connectivity index (χ3v) is 5.77. The van der Waals surface area contributed by atoms with Gasteiger partial charge in [-0.3, -0.25) is 9.69 Å². The molecule has 1 aliphatic heterocycles. The molecule has 2 fully saturated rings. The van der Waals surface area contributed by atoms with Crippen LogP contribution in [0.25, 0.3) is 0 Å². The Morgan fingerprint density at radius 3 is 2.64 bits per heavy atom. The first-order chi connectivity index (χ1) is 12.2. The highest BCUT2D eigenvalue weighted by Crippen LogP contribution is 2.30. The number of likely N-dealkylation sites (tertiary alicyclic amines) is 1. The van der Waals surface area contributed by atoms with Crippen molar-refractivity contribution >= 4 is 22.4 Å². The lowest BCUT2D eigenvalue weighted by Crippen LogP contribution is -2.58. The third-order valence-electron chi connectivity index (χ3n) is 5.08. The Morgan fingerprint density at radius 2 is 2.00 bits per heavy atom. The number of nitrogens with one attached hydrogen (secondary N) is 2. The number of amides is 1. The monoisotopic (exact) mass is 356 g/mol. The smallest absolute Gasteiger partial charge is 0.246 e. The summed E-state index contributed by atoms with van der Waals surface area (Å²) in [5.74, 6) is 0.143. The maximum absolute atomic E-state index is 12.9. The van der Waals surface area contributed by atoms with Gasteiger partial charge < -0.3 is 10.6 Å². The molecule has 6 heteroatoms. The van der Waals surface area contributed by atoms with Gasteiger partial charge in [-0.1, -0.05) is 30.3 Å². The van der Waals surface area contributed by atoms with Gasteiger partial charge in [0.15, 0.2) is 5.13 Å². The van der Waals surface area contributed by atoms with Crippen LogP contribution in [0.2, 0.25) is 0 Å². The molecule has 2 N–H and O–H groups in total. The van der Waals surface area contributed by atoms with Crippen LogP contribution in [0, 0.1) is 0 Å². The minimum absolute atomic E-state index is 0.143. The number of anilines is 1. The van der Waals surface area contributed by atoms with Crippen molar-refractivity contribution < 1.29 is 4.79 Å². The molecule has 0 spiro atoms. The summed E-state index contributed by atoms with van der Waals surface area (Å²) < 4.78 is 0. The molecule has 132 valence electrons. The number of piperidine rings is 1. The van der Waals surface area contributed by atoms with Gasteiger partial charge in [-0.2, -0.15) is 0 Å². The van der Waals surface area contributed by atoms with Crippen molar-refractivity contribution in [2.24, 2.45) is 0 Å². The van der Waals surface area contributed by atoms with Crippen molar-refractivity contribution in [3.63, 3.8) is 0 Å². The lowest BCUT2D eigenvalue weighted by Gasteiger charge is -2.41. The van der Waals surface area contributed by atoms with Crippen molar-refractivity contribution in [2.75, 3.05) is 18.4 Å². The van der Waals surface area contributed by atoms with Crippen molar-refractivity contribution in [2.45, 2.75) is 43.8 Å². The number of benzene rings is 1. The second-order valence-electron chi connectivity index (χ2n) is 7.05. The average Bonchev–Trinajstić information content (AvgIpc) is 3.30. The van der Waals surface area contributed by atoms with E-state index in [9.17, 15) is 4.79 Å². The van der Waals surface area contributed by atoms with E-state index in [1.165, 1.54) is 5.56 Å². The van der Waals surface area contributed by atoms with Gasteiger partial charge >= 0.3 is 0 Å². The summed E-state index contributed by atoms with van der Waals surface area (Å²) in [5.41, 5.74) is 0.790. The van der Waals surface area contributed by atoms with E-state index < -0.39 is 5.54 Å². The number of thiazole rings is 1. The van der Waals surface area contributed by atoms with E-state index in [1.54, 1.807) is 17.5 Å². The van der Waals surface area contributed by atoms with E-state index in [0.717, 1.165) is 50.4 Å². The summed E-state index contributed by atoms with van der Waals surface area (Å²) in [5, 5.41) is 9.44. The Balaban J connectivity index is 1.43. The number of carbonyl (C=O) groups excluding carboxylic acids is 1. The fourth-order valence-corrected chi connectivity index (χ4v) is 4.01. The Kier molecular flexibility index (Phi) is 4.72. The molecule has 0 bridgehead atoms. The summed E-state index contributed by atoms with van der Waals surface area (Å²) in [4.78, 5) is 19.7. The molecule has 2 heterocycles. The molecule has 1 aromatic carbocycles. The highest BCUT2D eigenvalue weighted by Gasteiger charge is 2.43. The summed E-state index contributed by atoms with van der Waals surface area (Å²) >= 11 is 1.55.